The number of sulfonamides is 1. The molecule has 42 heavy (non-hydrogen) atoms. The average molecular weight is 667 g/mol. The highest BCUT2D eigenvalue weighted by atomic mass is 79.9. The number of aromatic nitrogens is 2. The lowest BCUT2D eigenvalue weighted by Gasteiger charge is -2.42. The van der Waals surface area contributed by atoms with Crippen LogP contribution in [0.25, 0.3) is 22.0 Å². The van der Waals surface area contributed by atoms with Gasteiger partial charge in [0.1, 0.15) is 12.4 Å². The summed E-state index contributed by atoms with van der Waals surface area (Å²) in [5.41, 5.74) is 2.00. The molecule has 0 bridgehead atoms. The van der Waals surface area contributed by atoms with Crippen LogP contribution in [0.5, 0.6) is 0 Å². The molecule has 0 spiro atoms. The third-order valence-corrected chi connectivity index (χ3v) is 10.9. The normalized spacial score (nSPS) is 18.3. The number of carbonyl (C=O) groups excluding carboxylic acids is 2. The second-order valence-corrected chi connectivity index (χ2v) is 14.2. The number of rotatable bonds is 5. The van der Waals surface area contributed by atoms with Gasteiger partial charge >= 0.3 is 0 Å². The molecule has 1 unspecified atom stereocenters. The molecule has 2 saturated heterocycles. The van der Waals surface area contributed by atoms with E-state index >= 15 is 0 Å². The van der Waals surface area contributed by atoms with E-state index in [2.05, 4.69) is 25.9 Å². The number of nitrogens with zero attached hydrogens (tertiary/aromatic N) is 5. The van der Waals surface area contributed by atoms with Crippen LogP contribution in [0.1, 0.15) is 10.4 Å². The highest BCUT2D eigenvalue weighted by Crippen LogP contribution is 2.28. The van der Waals surface area contributed by atoms with E-state index in [1.165, 1.54) is 15.5 Å². The monoisotopic (exact) mass is 665 g/mol. The molecule has 3 heterocycles. The van der Waals surface area contributed by atoms with Gasteiger partial charge in [-0.3, -0.25) is 9.59 Å². The van der Waals surface area contributed by atoms with E-state index in [0.717, 1.165) is 38.0 Å². The smallest absolute Gasteiger partial charge is 0.254 e. The summed E-state index contributed by atoms with van der Waals surface area (Å²) in [5.74, 6) is 1.10. The van der Waals surface area contributed by atoms with Crippen molar-refractivity contribution in [3.63, 3.8) is 0 Å². The summed E-state index contributed by atoms with van der Waals surface area (Å²) in [7, 11) is -3.91. The summed E-state index contributed by atoms with van der Waals surface area (Å²) in [6.07, 6.45) is 3.12. The topological polar surface area (TPSA) is 104 Å². The highest BCUT2D eigenvalue weighted by Gasteiger charge is 2.42. The first-order valence-corrected chi connectivity index (χ1v) is 16.9. The summed E-state index contributed by atoms with van der Waals surface area (Å²) in [6, 6.07) is 18.6. The number of benzene rings is 3. The molecular weight excluding hydrogens is 638 g/mol. The van der Waals surface area contributed by atoms with Gasteiger partial charge < -0.3 is 9.80 Å². The lowest BCUT2D eigenvalue weighted by Crippen LogP contribution is -2.62. The van der Waals surface area contributed by atoms with Crippen molar-refractivity contribution in [3.05, 3.63) is 89.3 Å². The lowest BCUT2D eigenvalue weighted by molar-refractivity contribution is -0.137. The predicted molar refractivity (Wildman–Crippen MR) is 167 cm³/mol. The maximum atomic E-state index is 13.8. The molecule has 6 rings (SSSR count). The van der Waals surface area contributed by atoms with Crippen molar-refractivity contribution in [3.8, 4) is 11.3 Å². The molecule has 3 aromatic carbocycles. The number of halogens is 1. The molecule has 1 atom stereocenters. The zero-order chi connectivity index (χ0) is 29.3. The second kappa shape index (κ2) is 12.1. The molecule has 0 radical (unpaired) electrons. The Morgan fingerprint density at radius 3 is 2.36 bits per heavy atom. The molecule has 216 valence electrons. The average Bonchev–Trinajstić information content (AvgIpc) is 3.04. The zero-order valence-electron chi connectivity index (χ0n) is 22.6. The van der Waals surface area contributed by atoms with Crippen molar-refractivity contribution in [1.29, 1.82) is 0 Å². The van der Waals surface area contributed by atoms with E-state index in [1.54, 1.807) is 59.3 Å². The predicted octanol–water partition coefficient (Wildman–Crippen LogP) is 4.15. The minimum absolute atomic E-state index is 0.0884. The summed E-state index contributed by atoms with van der Waals surface area (Å²) < 4.78 is 29.9. The Morgan fingerprint density at radius 1 is 0.881 bits per heavy atom. The molecule has 12 heteroatoms. The lowest BCUT2D eigenvalue weighted by atomic mass is 10.1. The molecule has 1 aromatic heterocycles. The van der Waals surface area contributed by atoms with Gasteiger partial charge in [-0.1, -0.05) is 40.2 Å². The molecule has 0 N–H and O–H groups in total. The SMILES string of the molecule is O=C(C1CN(S(=O)(=O)c2ccc3cc(Br)ccc3c2)CCN1C(=O)c1ccc(-c2ccncn2)cc1)N1CCSCC1. The minimum atomic E-state index is -3.91. The third kappa shape index (κ3) is 5.81. The molecule has 2 amide bonds. The van der Waals surface area contributed by atoms with Gasteiger partial charge in [-0.05, 0) is 53.2 Å². The Bertz CT molecular complexity index is 1730. The Kier molecular flexibility index (Phi) is 8.30. The Balaban J connectivity index is 1.28. The van der Waals surface area contributed by atoms with Gasteiger partial charge in [0.05, 0.1) is 10.6 Å². The van der Waals surface area contributed by atoms with Gasteiger partial charge in [0, 0.05) is 66.0 Å². The Labute approximate surface area is 257 Å². The second-order valence-electron chi connectivity index (χ2n) is 10.1. The van der Waals surface area contributed by atoms with E-state index in [0.29, 0.717) is 18.7 Å². The van der Waals surface area contributed by atoms with Crippen molar-refractivity contribution < 1.29 is 18.0 Å². The quantitative estimate of drug-likeness (QED) is 0.316. The largest absolute Gasteiger partial charge is 0.339 e. The first kappa shape index (κ1) is 28.8. The zero-order valence-corrected chi connectivity index (χ0v) is 25.8. The fourth-order valence-electron chi connectivity index (χ4n) is 5.34. The first-order chi connectivity index (χ1) is 20.3. The number of piperazine rings is 1. The van der Waals surface area contributed by atoms with Crippen LogP contribution in [0.4, 0.5) is 0 Å². The van der Waals surface area contributed by atoms with Crippen LogP contribution in [0.3, 0.4) is 0 Å². The number of carbonyl (C=O) groups is 2. The summed E-state index contributed by atoms with van der Waals surface area (Å²) in [6.45, 7) is 1.23. The van der Waals surface area contributed by atoms with Crippen molar-refractivity contribution in [2.45, 2.75) is 10.9 Å². The van der Waals surface area contributed by atoms with Crippen molar-refractivity contribution in [2.75, 3.05) is 44.2 Å². The van der Waals surface area contributed by atoms with E-state index in [-0.39, 0.29) is 36.3 Å². The van der Waals surface area contributed by atoms with E-state index in [9.17, 15) is 18.0 Å². The van der Waals surface area contributed by atoms with Gasteiger partial charge in [0.25, 0.3) is 5.91 Å². The first-order valence-electron chi connectivity index (χ1n) is 13.5. The molecule has 2 aliphatic heterocycles. The number of fused-ring (bicyclic) bond motifs is 1. The van der Waals surface area contributed by atoms with Crippen molar-refractivity contribution >= 4 is 60.3 Å². The Morgan fingerprint density at radius 2 is 1.62 bits per heavy atom. The van der Waals surface area contributed by atoms with Crippen LogP contribution in [0.2, 0.25) is 0 Å². The number of hydrogen-bond acceptors (Lipinski definition) is 7. The van der Waals surface area contributed by atoms with Gasteiger partial charge in [-0.15, -0.1) is 0 Å². The van der Waals surface area contributed by atoms with Crippen LogP contribution in [-0.4, -0.2) is 94.6 Å². The van der Waals surface area contributed by atoms with E-state index in [1.807, 2.05) is 30.3 Å². The summed E-state index contributed by atoms with van der Waals surface area (Å²) in [4.78, 5) is 39.3. The standard InChI is InChI=1S/C30H28BrN5O4S2/c31-25-7-5-24-18-26(8-6-23(24)17-25)42(39,40)35-11-12-36(28(19-35)30(38)34-13-15-41-16-14-34)29(37)22-3-1-21(2-4-22)27-9-10-32-20-33-27/h1-10,17-18,20,28H,11-16,19H2. The van der Waals surface area contributed by atoms with Gasteiger partial charge in [0.15, 0.2) is 0 Å². The van der Waals surface area contributed by atoms with Crippen LogP contribution in [0.15, 0.2) is 88.6 Å². The minimum Gasteiger partial charge on any atom is -0.339 e. The molecule has 4 aromatic rings. The number of amides is 2. The highest BCUT2D eigenvalue weighted by molar-refractivity contribution is 9.10. The molecule has 2 aliphatic rings. The molecule has 9 nitrogen and oxygen atoms in total. The van der Waals surface area contributed by atoms with Crippen molar-refractivity contribution in [2.24, 2.45) is 0 Å². The number of thioether (sulfide) groups is 1. The maximum Gasteiger partial charge on any atom is 0.254 e. The van der Waals surface area contributed by atoms with E-state index in [4.69, 9.17) is 0 Å². The maximum absolute atomic E-state index is 13.8. The van der Waals surface area contributed by atoms with Gasteiger partial charge in [0.2, 0.25) is 15.9 Å². The van der Waals surface area contributed by atoms with Crippen LogP contribution in [-0.2, 0) is 14.8 Å². The van der Waals surface area contributed by atoms with Gasteiger partial charge in [-0.2, -0.15) is 16.1 Å². The summed E-state index contributed by atoms with van der Waals surface area (Å²) >= 11 is 5.23. The third-order valence-electron chi connectivity index (χ3n) is 7.63. The number of hydrogen-bond donors (Lipinski definition) is 0. The van der Waals surface area contributed by atoms with E-state index < -0.39 is 16.1 Å². The molecule has 0 saturated carbocycles. The molecule has 0 aliphatic carbocycles. The van der Waals surface area contributed by atoms with Crippen LogP contribution >= 0.6 is 27.7 Å². The molecular formula is C30H28BrN5O4S2. The van der Waals surface area contributed by atoms with Gasteiger partial charge in [-0.25, -0.2) is 18.4 Å². The molecule has 2 fully saturated rings. The van der Waals surface area contributed by atoms with Crippen molar-refractivity contribution in [1.82, 2.24) is 24.1 Å². The summed E-state index contributed by atoms with van der Waals surface area (Å²) in [5, 5.41) is 1.72. The fraction of sp³-hybridized carbons (Fsp3) is 0.267. The van der Waals surface area contributed by atoms with Crippen LogP contribution in [0, 0.1) is 0 Å². The van der Waals surface area contributed by atoms with Crippen LogP contribution < -0.4 is 0 Å². The Hall–Kier alpha value is -3.32. The fourth-order valence-corrected chi connectivity index (χ4v) is 8.10.